The minimum absolute atomic E-state index is 0. The molecule has 1 amide bonds. The van der Waals surface area contributed by atoms with Gasteiger partial charge in [0.05, 0.1) is 21.1 Å². The Bertz CT molecular complexity index is 179. The van der Waals surface area contributed by atoms with Crippen molar-refractivity contribution in [3.05, 3.63) is 11.6 Å². The Kier molecular flexibility index (Phi) is 6.31. The largest absolute Gasteiger partial charge is 1.00 e. The standard InChI is InChI=1S/C9H18NO.ClH/c1-6-7-8(2)9(11)10(3,4)5;/h7H,6H2,1-5H3;1H/q+1;/p-1. The summed E-state index contributed by atoms with van der Waals surface area (Å²) in [7, 11) is 5.65. The number of hydrogen-bond acceptors (Lipinski definition) is 1. The maximum Gasteiger partial charge on any atom is 0.340 e. The van der Waals surface area contributed by atoms with E-state index in [0.717, 1.165) is 12.0 Å². The number of quaternary nitrogens is 1. The number of nitrogens with zero attached hydrogens (tertiary/aromatic N) is 1. The molecule has 0 aromatic rings. The summed E-state index contributed by atoms with van der Waals surface area (Å²) in [5.74, 6) is 0.187. The molecule has 0 aromatic heterocycles. The second-order valence-electron chi connectivity index (χ2n) is 3.61. The van der Waals surface area contributed by atoms with Gasteiger partial charge in [-0.3, -0.25) is 4.48 Å². The van der Waals surface area contributed by atoms with Crippen molar-refractivity contribution in [2.45, 2.75) is 20.3 Å². The lowest BCUT2D eigenvalue weighted by Crippen LogP contribution is -3.00. The number of carbonyl (C=O) groups is 1. The molecule has 0 heterocycles. The van der Waals surface area contributed by atoms with Gasteiger partial charge in [-0.05, 0) is 13.3 Å². The van der Waals surface area contributed by atoms with E-state index in [-0.39, 0.29) is 18.3 Å². The number of carbonyl (C=O) groups excluding carboxylic acids is 1. The van der Waals surface area contributed by atoms with E-state index in [4.69, 9.17) is 0 Å². The maximum atomic E-state index is 11.5. The number of hydrogen-bond donors (Lipinski definition) is 0. The quantitative estimate of drug-likeness (QED) is 0.387. The molecule has 2 nitrogen and oxygen atoms in total. The first-order chi connectivity index (χ1) is 4.89. The predicted molar refractivity (Wildman–Crippen MR) is 47.1 cm³/mol. The first kappa shape index (κ1) is 14.2. The number of likely N-dealkylation sites (N-methyl/N-ethyl adjacent to an activating group) is 1. The van der Waals surface area contributed by atoms with Crippen molar-refractivity contribution in [2.75, 3.05) is 21.1 Å². The fraction of sp³-hybridized carbons (Fsp3) is 0.667. The zero-order valence-electron chi connectivity index (χ0n) is 8.52. The number of amides is 1. The molecule has 0 aliphatic carbocycles. The van der Waals surface area contributed by atoms with E-state index in [1.54, 1.807) is 0 Å². The van der Waals surface area contributed by atoms with E-state index in [0.29, 0.717) is 4.48 Å². The molecule has 0 aromatic carbocycles. The van der Waals surface area contributed by atoms with E-state index < -0.39 is 0 Å². The van der Waals surface area contributed by atoms with Crippen molar-refractivity contribution in [1.29, 1.82) is 0 Å². The van der Waals surface area contributed by atoms with Gasteiger partial charge in [-0.1, -0.05) is 13.0 Å². The van der Waals surface area contributed by atoms with Crippen LogP contribution >= 0.6 is 0 Å². The van der Waals surface area contributed by atoms with Crippen molar-refractivity contribution in [3.8, 4) is 0 Å². The fourth-order valence-corrected chi connectivity index (χ4v) is 0.923. The summed E-state index contributed by atoms with van der Waals surface area (Å²) in [4.78, 5) is 11.5. The highest BCUT2D eigenvalue weighted by Crippen LogP contribution is 2.04. The number of rotatable bonds is 2. The van der Waals surface area contributed by atoms with Crippen LogP contribution in [0.4, 0.5) is 0 Å². The Morgan fingerprint density at radius 1 is 1.33 bits per heavy atom. The molecule has 3 heteroatoms. The van der Waals surface area contributed by atoms with Crippen LogP contribution in [-0.4, -0.2) is 31.5 Å². The molecular formula is C9H18ClNO. The topological polar surface area (TPSA) is 17.1 Å². The van der Waals surface area contributed by atoms with Gasteiger partial charge in [-0.25, -0.2) is 4.79 Å². The molecule has 0 saturated heterocycles. The monoisotopic (exact) mass is 191 g/mol. The van der Waals surface area contributed by atoms with Gasteiger partial charge in [0.15, 0.2) is 0 Å². The van der Waals surface area contributed by atoms with Gasteiger partial charge < -0.3 is 12.4 Å². The number of halogens is 1. The fourth-order valence-electron chi connectivity index (χ4n) is 0.923. The van der Waals surface area contributed by atoms with Crippen molar-refractivity contribution in [2.24, 2.45) is 0 Å². The minimum Gasteiger partial charge on any atom is -1.00 e. The van der Waals surface area contributed by atoms with Gasteiger partial charge in [0.2, 0.25) is 0 Å². The molecule has 0 atom stereocenters. The van der Waals surface area contributed by atoms with Crippen molar-refractivity contribution in [3.63, 3.8) is 0 Å². The third-order valence-electron chi connectivity index (χ3n) is 1.46. The average Bonchev–Trinajstić information content (AvgIpc) is 1.85. The summed E-state index contributed by atoms with van der Waals surface area (Å²) in [6.07, 6.45) is 2.89. The lowest BCUT2D eigenvalue weighted by Gasteiger charge is -2.20. The van der Waals surface area contributed by atoms with Crippen molar-refractivity contribution >= 4 is 5.91 Å². The van der Waals surface area contributed by atoms with E-state index in [2.05, 4.69) is 0 Å². The summed E-state index contributed by atoms with van der Waals surface area (Å²) in [6.45, 7) is 3.90. The SMILES string of the molecule is CCC=C(C)C(=O)[N+](C)(C)C.[Cl-]. The normalized spacial score (nSPS) is 12.2. The van der Waals surface area contributed by atoms with Gasteiger partial charge in [0, 0.05) is 5.57 Å². The molecule has 0 unspecified atom stereocenters. The van der Waals surface area contributed by atoms with Crippen LogP contribution in [0, 0.1) is 0 Å². The van der Waals surface area contributed by atoms with E-state index in [1.807, 2.05) is 41.1 Å². The Morgan fingerprint density at radius 2 is 1.75 bits per heavy atom. The molecular weight excluding hydrogens is 174 g/mol. The van der Waals surface area contributed by atoms with Gasteiger partial charge in [-0.2, -0.15) is 0 Å². The molecule has 0 aliphatic rings. The van der Waals surface area contributed by atoms with Crippen LogP contribution < -0.4 is 12.4 Å². The van der Waals surface area contributed by atoms with E-state index in [9.17, 15) is 4.79 Å². The summed E-state index contributed by atoms with van der Waals surface area (Å²) in [6, 6.07) is 0. The van der Waals surface area contributed by atoms with Crippen LogP contribution in [0.2, 0.25) is 0 Å². The van der Waals surface area contributed by atoms with Crippen LogP contribution in [-0.2, 0) is 4.79 Å². The highest BCUT2D eigenvalue weighted by Gasteiger charge is 2.21. The second kappa shape index (κ2) is 5.33. The van der Waals surface area contributed by atoms with Gasteiger partial charge in [-0.15, -0.1) is 0 Å². The summed E-state index contributed by atoms with van der Waals surface area (Å²) < 4.78 is 0.377. The molecule has 0 rings (SSSR count). The minimum atomic E-state index is 0. The smallest absolute Gasteiger partial charge is 0.340 e. The number of allylic oxidation sites excluding steroid dienone is 1. The predicted octanol–water partition coefficient (Wildman–Crippen LogP) is -1.42. The Morgan fingerprint density at radius 3 is 2.00 bits per heavy atom. The molecule has 0 radical (unpaired) electrons. The van der Waals surface area contributed by atoms with Crippen LogP contribution in [0.1, 0.15) is 20.3 Å². The van der Waals surface area contributed by atoms with E-state index >= 15 is 0 Å². The Labute approximate surface area is 81.3 Å². The summed E-state index contributed by atoms with van der Waals surface area (Å²) in [5, 5.41) is 0. The highest BCUT2D eigenvalue weighted by molar-refractivity contribution is 5.86. The lowest BCUT2D eigenvalue weighted by molar-refractivity contribution is -0.789. The van der Waals surface area contributed by atoms with Crippen LogP contribution in [0.25, 0.3) is 0 Å². The highest BCUT2D eigenvalue weighted by atomic mass is 35.5. The maximum absolute atomic E-state index is 11.5. The first-order valence-electron chi connectivity index (χ1n) is 3.92. The van der Waals surface area contributed by atoms with Crippen molar-refractivity contribution < 1.29 is 21.7 Å². The Hall–Kier alpha value is -0.340. The van der Waals surface area contributed by atoms with E-state index in [1.165, 1.54) is 0 Å². The van der Waals surface area contributed by atoms with Crippen molar-refractivity contribution in [1.82, 2.24) is 0 Å². The molecule has 0 bridgehead atoms. The Balaban J connectivity index is 0. The average molecular weight is 192 g/mol. The zero-order chi connectivity index (χ0) is 9.07. The second-order valence-corrected chi connectivity index (χ2v) is 3.61. The summed E-state index contributed by atoms with van der Waals surface area (Å²) >= 11 is 0. The molecule has 12 heavy (non-hydrogen) atoms. The van der Waals surface area contributed by atoms with Gasteiger partial charge >= 0.3 is 5.91 Å². The zero-order valence-corrected chi connectivity index (χ0v) is 9.27. The third kappa shape index (κ3) is 4.52. The molecule has 0 fully saturated rings. The lowest BCUT2D eigenvalue weighted by atomic mass is 10.2. The first-order valence-corrected chi connectivity index (χ1v) is 3.92. The molecule has 0 N–H and O–H groups in total. The molecule has 0 aliphatic heterocycles. The van der Waals surface area contributed by atoms with Crippen LogP contribution in [0.15, 0.2) is 11.6 Å². The van der Waals surface area contributed by atoms with Gasteiger partial charge in [0.1, 0.15) is 0 Å². The van der Waals surface area contributed by atoms with Gasteiger partial charge in [0.25, 0.3) is 0 Å². The van der Waals surface area contributed by atoms with Crippen LogP contribution in [0.5, 0.6) is 0 Å². The summed E-state index contributed by atoms with van der Waals surface area (Å²) in [5.41, 5.74) is 0.861. The van der Waals surface area contributed by atoms with Crippen LogP contribution in [0.3, 0.4) is 0 Å². The third-order valence-corrected chi connectivity index (χ3v) is 1.46. The molecule has 0 spiro atoms. The molecule has 0 saturated carbocycles. The molecule has 72 valence electrons.